The number of amides is 1. The number of halogens is 1. The third kappa shape index (κ3) is 6.98. The van der Waals surface area contributed by atoms with Gasteiger partial charge in [0.1, 0.15) is 16.5 Å². The molecule has 2 aromatic heterocycles. The lowest BCUT2D eigenvalue weighted by molar-refractivity contribution is 0.0942. The van der Waals surface area contributed by atoms with Crippen LogP contribution in [0.4, 0.5) is 0 Å². The van der Waals surface area contributed by atoms with Gasteiger partial charge in [-0.15, -0.1) is 21.5 Å². The second-order valence-electron chi connectivity index (χ2n) is 8.95. The topological polar surface area (TPSA) is 75.9 Å². The highest BCUT2D eigenvalue weighted by Gasteiger charge is 2.17. The van der Waals surface area contributed by atoms with Crippen molar-refractivity contribution in [2.45, 2.75) is 36.6 Å². The lowest BCUT2D eigenvalue weighted by atomic mass is 10.1. The summed E-state index contributed by atoms with van der Waals surface area (Å²) in [6.45, 7) is 3.79. The van der Waals surface area contributed by atoms with E-state index in [4.69, 9.17) is 11.6 Å². The Morgan fingerprint density at radius 3 is 2.70 bits per heavy atom. The van der Waals surface area contributed by atoms with Crippen molar-refractivity contribution < 1.29 is 4.79 Å². The van der Waals surface area contributed by atoms with Gasteiger partial charge in [-0.2, -0.15) is 0 Å². The Morgan fingerprint density at radius 1 is 1.05 bits per heavy atom. The van der Waals surface area contributed by atoms with Crippen LogP contribution in [0.25, 0.3) is 5.69 Å². The molecule has 1 aliphatic rings. The maximum Gasteiger partial charge on any atom is 0.270 e. The fourth-order valence-electron chi connectivity index (χ4n) is 4.37. The molecule has 0 saturated carbocycles. The van der Waals surface area contributed by atoms with Gasteiger partial charge in [-0.3, -0.25) is 9.36 Å². The standard InChI is InChI=1S/C27H29ClN6OS2/c28-21-10-7-11-22(17-21)34-24(16-20-8-3-1-4-9-20)31-32-27(34)37-19-25-30-23(18-36-25)26(35)29-12-15-33-13-5-2-6-14-33/h1,3-4,7-11,17-18H,2,5-6,12-16,19H2,(H,29,35). The van der Waals surface area contributed by atoms with Gasteiger partial charge in [0.2, 0.25) is 0 Å². The van der Waals surface area contributed by atoms with E-state index in [0.29, 0.717) is 29.4 Å². The van der Waals surface area contributed by atoms with Gasteiger partial charge in [0.25, 0.3) is 5.91 Å². The molecule has 10 heteroatoms. The Hall–Kier alpha value is -2.72. The molecule has 5 rings (SSSR count). The van der Waals surface area contributed by atoms with Crippen molar-refractivity contribution in [3.63, 3.8) is 0 Å². The predicted octanol–water partition coefficient (Wildman–Crippen LogP) is 5.48. The summed E-state index contributed by atoms with van der Waals surface area (Å²) in [5, 5.41) is 16.1. The second kappa shape index (κ2) is 12.7. The molecule has 0 spiro atoms. The minimum atomic E-state index is -0.114. The first-order chi connectivity index (χ1) is 18.2. The number of carbonyl (C=O) groups is 1. The fraction of sp³-hybridized carbons (Fsp3) is 0.333. The monoisotopic (exact) mass is 552 g/mol. The lowest BCUT2D eigenvalue weighted by Crippen LogP contribution is -2.37. The predicted molar refractivity (Wildman–Crippen MR) is 150 cm³/mol. The normalized spacial score (nSPS) is 14.1. The molecule has 0 atom stereocenters. The first-order valence-corrected chi connectivity index (χ1v) is 14.7. The molecule has 0 radical (unpaired) electrons. The highest BCUT2D eigenvalue weighted by molar-refractivity contribution is 7.98. The Bertz CT molecular complexity index is 1320. The highest BCUT2D eigenvalue weighted by Crippen LogP contribution is 2.28. The number of thiazole rings is 1. The number of nitrogens with one attached hydrogen (secondary N) is 1. The van der Waals surface area contributed by atoms with Crippen LogP contribution in [0.3, 0.4) is 0 Å². The van der Waals surface area contributed by atoms with Gasteiger partial charge < -0.3 is 10.2 Å². The maximum atomic E-state index is 12.6. The number of carbonyl (C=O) groups excluding carboxylic acids is 1. The zero-order chi connectivity index (χ0) is 25.5. The quantitative estimate of drug-likeness (QED) is 0.263. The van der Waals surface area contributed by atoms with Gasteiger partial charge in [0.15, 0.2) is 5.16 Å². The van der Waals surface area contributed by atoms with Crippen LogP contribution >= 0.6 is 34.7 Å². The van der Waals surface area contributed by atoms with Gasteiger partial charge >= 0.3 is 0 Å². The Labute approximate surface area is 230 Å². The van der Waals surface area contributed by atoms with Crippen molar-refractivity contribution in [2.75, 3.05) is 26.2 Å². The van der Waals surface area contributed by atoms with E-state index < -0.39 is 0 Å². The van der Waals surface area contributed by atoms with Crippen molar-refractivity contribution in [3.05, 3.63) is 87.1 Å². The smallest absolute Gasteiger partial charge is 0.270 e. The molecular formula is C27H29ClN6OS2. The molecular weight excluding hydrogens is 524 g/mol. The van der Waals surface area contributed by atoms with Crippen molar-refractivity contribution in [3.8, 4) is 5.69 Å². The van der Waals surface area contributed by atoms with Crippen LogP contribution in [-0.4, -0.2) is 56.7 Å². The number of likely N-dealkylation sites (tertiary alicyclic amines) is 1. The van der Waals surface area contributed by atoms with Gasteiger partial charge in [0.05, 0.1) is 11.4 Å². The van der Waals surface area contributed by atoms with E-state index >= 15 is 0 Å². The molecule has 2 aromatic carbocycles. The first kappa shape index (κ1) is 25.9. The SMILES string of the molecule is O=C(NCCN1CCCCC1)c1csc(CSc2nnc(Cc3ccccc3)n2-c2cccc(Cl)c2)n1. The fourth-order valence-corrected chi connectivity index (χ4v) is 6.32. The summed E-state index contributed by atoms with van der Waals surface area (Å²) in [4.78, 5) is 19.6. The number of thioether (sulfide) groups is 1. The average Bonchev–Trinajstić information content (AvgIpc) is 3.56. The van der Waals surface area contributed by atoms with E-state index in [1.54, 1.807) is 11.8 Å². The van der Waals surface area contributed by atoms with E-state index in [1.165, 1.54) is 30.6 Å². The molecule has 1 fully saturated rings. The number of hydrogen-bond donors (Lipinski definition) is 1. The van der Waals surface area contributed by atoms with E-state index in [9.17, 15) is 4.79 Å². The largest absolute Gasteiger partial charge is 0.349 e. The molecule has 4 aromatic rings. The molecule has 0 bridgehead atoms. The zero-order valence-corrected chi connectivity index (χ0v) is 22.9. The number of nitrogens with zero attached hydrogens (tertiary/aromatic N) is 5. The van der Waals surface area contributed by atoms with E-state index in [1.807, 2.05) is 52.4 Å². The van der Waals surface area contributed by atoms with Gasteiger partial charge in [-0.1, -0.05) is 66.2 Å². The first-order valence-electron chi connectivity index (χ1n) is 12.5. The van der Waals surface area contributed by atoms with E-state index in [-0.39, 0.29) is 5.91 Å². The van der Waals surface area contributed by atoms with Crippen LogP contribution in [0, 0.1) is 0 Å². The number of piperidine rings is 1. The van der Waals surface area contributed by atoms with Gasteiger partial charge in [-0.25, -0.2) is 4.98 Å². The molecule has 1 aliphatic heterocycles. The summed E-state index contributed by atoms with van der Waals surface area (Å²) < 4.78 is 2.05. The van der Waals surface area contributed by atoms with Crippen molar-refractivity contribution in [1.29, 1.82) is 0 Å². The van der Waals surface area contributed by atoms with Crippen molar-refractivity contribution in [1.82, 2.24) is 30.0 Å². The Morgan fingerprint density at radius 2 is 1.89 bits per heavy atom. The minimum Gasteiger partial charge on any atom is -0.349 e. The van der Waals surface area contributed by atoms with Crippen molar-refractivity contribution in [2.24, 2.45) is 0 Å². The minimum absolute atomic E-state index is 0.114. The number of rotatable bonds is 10. The molecule has 37 heavy (non-hydrogen) atoms. The van der Waals surface area contributed by atoms with Crippen LogP contribution < -0.4 is 5.32 Å². The maximum absolute atomic E-state index is 12.6. The summed E-state index contributed by atoms with van der Waals surface area (Å²) in [5.74, 6) is 1.32. The molecule has 1 saturated heterocycles. The van der Waals surface area contributed by atoms with Crippen LogP contribution in [0.1, 0.15) is 46.1 Å². The lowest BCUT2D eigenvalue weighted by Gasteiger charge is -2.26. The van der Waals surface area contributed by atoms with Gasteiger partial charge in [-0.05, 0) is 49.7 Å². The third-order valence-corrected chi connectivity index (χ3v) is 8.45. The Balaban J connectivity index is 1.24. The molecule has 7 nitrogen and oxygen atoms in total. The molecule has 0 unspecified atom stereocenters. The highest BCUT2D eigenvalue weighted by atomic mass is 35.5. The molecule has 0 aliphatic carbocycles. The van der Waals surface area contributed by atoms with Crippen LogP contribution in [0.5, 0.6) is 0 Å². The number of benzene rings is 2. The summed E-state index contributed by atoms with van der Waals surface area (Å²) in [7, 11) is 0. The summed E-state index contributed by atoms with van der Waals surface area (Å²) in [5.41, 5.74) is 2.55. The van der Waals surface area contributed by atoms with Crippen molar-refractivity contribution >= 4 is 40.6 Å². The molecule has 1 N–H and O–H groups in total. The zero-order valence-electron chi connectivity index (χ0n) is 20.5. The number of hydrogen-bond acceptors (Lipinski definition) is 7. The van der Waals surface area contributed by atoms with E-state index in [0.717, 1.165) is 46.9 Å². The Kier molecular flexibility index (Phi) is 8.88. The third-order valence-electron chi connectivity index (χ3n) is 6.24. The second-order valence-corrected chi connectivity index (χ2v) is 11.3. The molecule has 1 amide bonds. The van der Waals surface area contributed by atoms with E-state index in [2.05, 4.69) is 37.5 Å². The van der Waals surface area contributed by atoms with Crippen LogP contribution in [0.2, 0.25) is 5.02 Å². The summed E-state index contributed by atoms with van der Waals surface area (Å²) in [6.07, 6.45) is 4.46. The summed E-state index contributed by atoms with van der Waals surface area (Å²) in [6, 6.07) is 17.9. The van der Waals surface area contributed by atoms with Crippen LogP contribution in [-0.2, 0) is 12.2 Å². The van der Waals surface area contributed by atoms with Gasteiger partial charge in [0, 0.05) is 29.9 Å². The summed E-state index contributed by atoms with van der Waals surface area (Å²) >= 11 is 9.34. The number of aromatic nitrogens is 4. The average molecular weight is 553 g/mol. The molecule has 3 heterocycles. The molecule has 192 valence electrons. The van der Waals surface area contributed by atoms with Crippen LogP contribution in [0.15, 0.2) is 65.1 Å².